The number of unbranched alkanes of at least 4 members (excludes halogenated alkanes) is 20. The van der Waals surface area contributed by atoms with Gasteiger partial charge in [0.05, 0.1) is 26.2 Å². The van der Waals surface area contributed by atoms with Crippen molar-refractivity contribution in [1.29, 1.82) is 0 Å². The number of rotatable bonds is 24. The zero-order valence-corrected chi connectivity index (χ0v) is 24.8. The van der Waals surface area contributed by atoms with Crippen molar-refractivity contribution in [1.82, 2.24) is 0 Å². The Morgan fingerprint density at radius 1 is 0.400 bits per heavy atom. The molecular formula is C34H68N+. The van der Waals surface area contributed by atoms with Crippen LogP contribution in [0.1, 0.15) is 181 Å². The molecule has 2 aliphatic rings. The van der Waals surface area contributed by atoms with Crippen molar-refractivity contribution in [2.75, 3.05) is 26.2 Å². The Balaban J connectivity index is 1.52. The van der Waals surface area contributed by atoms with Crippen molar-refractivity contribution < 1.29 is 4.48 Å². The van der Waals surface area contributed by atoms with Gasteiger partial charge in [-0.1, -0.05) is 142 Å². The zero-order valence-electron chi connectivity index (χ0n) is 24.8. The van der Waals surface area contributed by atoms with Gasteiger partial charge in [0.1, 0.15) is 0 Å². The first-order chi connectivity index (χ1) is 17.3. The molecular weight excluding hydrogens is 422 g/mol. The predicted molar refractivity (Wildman–Crippen MR) is 158 cm³/mol. The second-order valence-electron chi connectivity index (χ2n) is 13.0. The van der Waals surface area contributed by atoms with Crippen LogP contribution in [0.5, 0.6) is 0 Å². The van der Waals surface area contributed by atoms with Gasteiger partial charge in [-0.25, -0.2) is 0 Å². The van der Waals surface area contributed by atoms with Gasteiger partial charge in [0.2, 0.25) is 0 Å². The molecule has 208 valence electrons. The lowest BCUT2D eigenvalue weighted by Crippen LogP contribution is -2.47. The summed E-state index contributed by atoms with van der Waals surface area (Å²) in [4.78, 5) is 0. The van der Waals surface area contributed by atoms with E-state index in [1.54, 1.807) is 25.9 Å². The third kappa shape index (κ3) is 14.5. The second kappa shape index (κ2) is 21.0. The van der Waals surface area contributed by atoms with Crippen LogP contribution in [0.15, 0.2) is 0 Å². The summed E-state index contributed by atoms with van der Waals surface area (Å²) in [5.74, 6) is 2.17. The minimum atomic E-state index is 1.09. The first-order valence-corrected chi connectivity index (χ1v) is 17.1. The van der Waals surface area contributed by atoms with E-state index in [2.05, 4.69) is 13.8 Å². The molecule has 1 aliphatic heterocycles. The van der Waals surface area contributed by atoms with Crippen molar-refractivity contribution in [3.8, 4) is 0 Å². The highest BCUT2D eigenvalue weighted by atomic mass is 15.4. The molecule has 0 N–H and O–H groups in total. The molecule has 2 fully saturated rings. The van der Waals surface area contributed by atoms with E-state index in [0.717, 1.165) is 11.8 Å². The molecule has 0 amide bonds. The third-order valence-electron chi connectivity index (χ3n) is 9.78. The highest BCUT2D eigenvalue weighted by molar-refractivity contribution is 4.81. The molecule has 2 rings (SSSR count). The quantitative estimate of drug-likeness (QED) is 0.0931. The van der Waals surface area contributed by atoms with Crippen molar-refractivity contribution >= 4 is 0 Å². The maximum absolute atomic E-state index is 2.33. The molecule has 0 aromatic rings. The SMILES string of the molecule is CCCCCCCCCCCCCCCC[N+]1(CCCCCCCCCC)C[C@H]2CCCC[C@H]2C1. The van der Waals surface area contributed by atoms with E-state index in [1.807, 2.05) is 0 Å². The first-order valence-electron chi connectivity index (χ1n) is 17.1. The maximum Gasteiger partial charge on any atom is 0.0820 e. The number of fused-ring (bicyclic) bond motifs is 1. The first kappa shape index (κ1) is 31.2. The Hall–Kier alpha value is -0.0400. The van der Waals surface area contributed by atoms with Gasteiger partial charge in [-0.2, -0.15) is 0 Å². The molecule has 1 aliphatic carbocycles. The largest absolute Gasteiger partial charge is 0.323 e. The number of nitrogens with zero attached hydrogens (tertiary/aromatic N) is 1. The minimum Gasteiger partial charge on any atom is -0.323 e. The van der Waals surface area contributed by atoms with Crippen LogP contribution in [0.4, 0.5) is 0 Å². The van der Waals surface area contributed by atoms with Gasteiger partial charge in [-0.15, -0.1) is 0 Å². The van der Waals surface area contributed by atoms with Gasteiger partial charge in [0.25, 0.3) is 0 Å². The molecule has 0 aromatic carbocycles. The summed E-state index contributed by atoms with van der Waals surface area (Å²) in [5.41, 5.74) is 0. The van der Waals surface area contributed by atoms with E-state index in [1.165, 1.54) is 172 Å². The zero-order chi connectivity index (χ0) is 24.9. The summed E-state index contributed by atoms with van der Waals surface area (Å²) in [6.45, 7) is 10.8. The third-order valence-corrected chi connectivity index (χ3v) is 9.78. The lowest BCUT2D eigenvalue weighted by atomic mass is 9.82. The number of likely N-dealkylation sites (tertiary alicyclic amines) is 1. The van der Waals surface area contributed by atoms with E-state index in [-0.39, 0.29) is 0 Å². The fourth-order valence-electron chi connectivity index (χ4n) is 7.53. The molecule has 0 spiro atoms. The van der Waals surface area contributed by atoms with Gasteiger partial charge >= 0.3 is 0 Å². The lowest BCUT2D eigenvalue weighted by molar-refractivity contribution is -0.919. The Labute approximate surface area is 223 Å². The molecule has 1 saturated carbocycles. The average Bonchev–Trinajstić information content (AvgIpc) is 3.24. The number of quaternary nitrogens is 1. The van der Waals surface area contributed by atoms with Crippen LogP contribution in [-0.2, 0) is 0 Å². The fraction of sp³-hybridized carbons (Fsp3) is 1.00. The minimum absolute atomic E-state index is 1.09. The number of hydrogen-bond donors (Lipinski definition) is 0. The van der Waals surface area contributed by atoms with E-state index >= 15 is 0 Å². The monoisotopic (exact) mass is 491 g/mol. The Morgan fingerprint density at radius 2 is 0.686 bits per heavy atom. The molecule has 1 heteroatoms. The van der Waals surface area contributed by atoms with E-state index in [4.69, 9.17) is 0 Å². The fourth-order valence-corrected chi connectivity index (χ4v) is 7.53. The van der Waals surface area contributed by atoms with E-state index in [0.29, 0.717) is 0 Å². The molecule has 3 atom stereocenters. The molecule has 0 radical (unpaired) electrons. The van der Waals surface area contributed by atoms with Crippen molar-refractivity contribution in [2.45, 2.75) is 181 Å². The van der Waals surface area contributed by atoms with Gasteiger partial charge in [-0.05, 0) is 38.5 Å². The molecule has 1 heterocycles. The summed E-state index contributed by atoms with van der Waals surface area (Å²) in [6.07, 6.45) is 38.7. The molecule has 0 aromatic heterocycles. The summed E-state index contributed by atoms with van der Waals surface area (Å²) in [6, 6.07) is 0. The highest BCUT2D eigenvalue weighted by Gasteiger charge is 2.44. The molecule has 35 heavy (non-hydrogen) atoms. The Bertz CT molecular complexity index is 444. The molecule has 1 nitrogen and oxygen atoms in total. The van der Waals surface area contributed by atoms with Crippen molar-refractivity contribution in [3.05, 3.63) is 0 Å². The molecule has 0 bridgehead atoms. The molecule has 1 unspecified atom stereocenters. The van der Waals surface area contributed by atoms with Crippen LogP contribution in [0.25, 0.3) is 0 Å². The Kier molecular flexibility index (Phi) is 18.7. The van der Waals surface area contributed by atoms with Crippen LogP contribution in [-0.4, -0.2) is 30.7 Å². The highest BCUT2D eigenvalue weighted by Crippen LogP contribution is 2.40. The summed E-state index contributed by atoms with van der Waals surface area (Å²) in [5, 5.41) is 0. The maximum atomic E-state index is 2.33. The Morgan fingerprint density at radius 3 is 1.00 bits per heavy atom. The average molecular weight is 491 g/mol. The second-order valence-corrected chi connectivity index (χ2v) is 13.0. The molecule has 1 saturated heterocycles. The van der Waals surface area contributed by atoms with Gasteiger partial charge in [-0.3, -0.25) is 0 Å². The van der Waals surface area contributed by atoms with Crippen LogP contribution < -0.4 is 0 Å². The van der Waals surface area contributed by atoms with Gasteiger partial charge in [0.15, 0.2) is 0 Å². The van der Waals surface area contributed by atoms with Crippen molar-refractivity contribution in [2.24, 2.45) is 11.8 Å². The summed E-state index contributed by atoms with van der Waals surface area (Å²) >= 11 is 0. The summed E-state index contributed by atoms with van der Waals surface area (Å²) in [7, 11) is 0. The topological polar surface area (TPSA) is 0 Å². The standard InChI is InChI=1S/C34H68N/c1-3-5-7-9-11-13-14-15-16-17-18-20-22-26-30-35(29-25-21-19-12-10-8-6-4-2)31-33-27-23-24-28-34(33)32-35/h33-34H,3-32H2,1-2H3/q+1/t33-,34+,35?. The van der Waals surface area contributed by atoms with E-state index < -0.39 is 0 Å². The van der Waals surface area contributed by atoms with Crippen LogP contribution in [0.3, 0.4) is 0 Å². The van der Waals surface area contributed by atoms with E-state index in [9.17, 15) is 0 Å². The van der Waals surface area contributed by atoms with Crippen molar-refractivity contribution in [3.63, 3.8) is 0 Å². The lowest BCUT2D eigenvalue weighted by Gasteiger charge is -2.35. The number of hydrogen-bond acceptors (Lipinski definition) is 0. The van der Waals surface area contributed by atoms with Crippen LogP contribution >= 0.6 is 0 Å². The normalized spacial score (nSPS) is 24.2. The van der Waals surface area contributed by atoms with Gasteiger partial charge < -0.3 is 4.48 Å². The smallest absolute Gasteiger partial charge is 0.0820 e. The predicted octanol–water partition coefficient (Wildman–Crippen LogP) is 11.2. The van der Waals surface area contributed by atoms with Crippen LogP contribution in [0.2, 0.25) is 0 Å². The van der Waals surface area contributed by atoms with Crippen LogP contribution in [0, 0.1) is 11.8 Å². The van der Waals surface area contributed by atoms with Gasteiger partial charge in [0, 0.05) is 11.8 Å². The summed E-state index contributed by atoms with van der Waals surface area (Å²) < 4.78 is 1.53.